The van der Waals surface area contributed by atoms with Crippen molar-refractivity contribution in [2.75, 3.05) is 46.1 Å². The summed E-state index contributed by atoms with van der Waals surface area (Å²) in [4.78, 5) is 17.7. The van der Waals surface area contributed by atoms with E-state index in [9.17, 15) is 4.79 Å². The first-order chi connectivity index (χ1) is 15.6. The van der Waals surface area contributed by atoms with Crippen LogP contribution in [0.1, 0.15) is 36.8 Å². The molecule has 0 bridgehead atoms. The van der Waals surface area contributed by atoms with Gasteiger partial charge in [0.15, 0.2) is 12.0 Å². The summed E-state index contributed by atoms with van der Waals surface area (Å²) in [5, 5.41) is 8.30. The number of carbonyl (C=O) groups excluding carboxylic acids is 1. The highest BCUT2D eigenvalue weighted by atomic mass is 16.7. The van der Waals surface area contributed by atoms with Crippen LogP contribution in [-0.2, 0) is 27.3 Å². The number of amides is 1. The molecule has 1 aliphatic heterocycles. The summed E-state index contributed by atoms with van der Waals surface area (Å²) in [5.74, 6) is -0.134. The molecule has 2 heterocycles. The summed E-state index contributed by atoms with van der Waals surface area (Å²) < 4.78 is 18.2. The lowest BCUT2D eigenvalue weighted by Gasteiger charge is -2.34. The Morgan fingerprint density at radius 2 is 1.81 bits per heavy atom. The first-order valence-electron chi connectivity index (χ1n) is 11.4. The Balaban J connectivity index is 1.73. The van der Waals surface area contributed by atoms with Gasteiger partial charge in [-0.2, -0.15) is 0 Å². The molecule has 1 aromatic carbocycles. The molecule has 1 saturated heterocycles. The van der Waals surface area contributed by atoms with Gasteiger partial charge in [0.2, 0.25) is 0 Å². The standard InChI is InChI=1S/C23H35N5O4/c1-4-31-22(32-5-2)18-27-17-21(24-25-27)23(29)28(16-20-9-7-6-8-10-20)19(3)15-26-11-13-30-14-12-26/h6-10,17,19,22H,4-5,11-16,18H2,1-3H3. The van der Waals surface area contributed by atoms with Crippen LogP contribution < -0.4 is 0 Å². The molecule has 0 N–H and O–H groups in total. The van der Waals surface area contributed by atoms with Crippen LogP contribution in [0.2, 0.25) is 0 Å². The zero-order valence-corrected chi connectivity index (χ0v) is 19.4. The molecular weight excluding hydrogens is 410 g/mol. The van der Waals surface area contributed by atoms with Crippen molar-refractivity contribution in [1.29, 1.82) is 0 Å². The Bertz CT molecular complexity index is 804. The summed E-state index contributed by atoms with van der Waals surface area (Å²) in [6.07, 6.45) is 1.25. The van der Waals surface area contributed by atoms with E-state index in [4.69, 9.17) is 14.2 Å². The van der Waals surface area contributed by atoms with E-state index in [1.54, 1.807) is 10.9 Å². The Hall–Kier alpha value is -2.33. The molecule has 9 nitrogen and oxygen atoms in total. The molecule has 1 amide bonds. The SMILES string of the molecule is CCOC(Cn1cc(C(=O)N(Cc2ccccc2)C(C)CN2CCOCC2)nn1)OCC. The number of ether oxygens (including phenoxy) is 3. The Morgan fingerprint density at radius 1 is 1.12 bits per heavy atom. The molecule has 1 aromatic heterocycles. The summed E-state index contributed by atoms with van der Waals surface area (Å²) >= 11 is 0. The minimum Gasteiger partial charge on any atom is -0.379 e. The van der Waals surface area contributed by atoms with Crippen molar-refractivity contribution < 1.29 is 19.0 Å². The van der Waals surface area contributed by atoms with Gasteiger partial charge in [-0.25, -0.2) is 4.68 Å². The largest absolute Gasteiger partial charge is 0.379 e. The quantitative estimate of drug-likeness (QED) is 0.463. The molecule has 9 heteroatoms. The van der Waals surface area contributed by atoms with Crippen LogP contribution >= 0.6 is 0 Å². The molecule has 3 rings (SSSR count). The van der Waals surface area contributed by atoms with Gasteiger partial charge in [-0.3, -0.25) is 9.69 Å². The van der Waals surface area contributed by atoms with E-state index in [0.29, 0.717) is 32.0 Å². The van der Waals surface area contributed by atoms with Crippen molar-refractivity contribution in [3.63, 3.8) is 0 Å². The fraction of sp³-hybridized carbons (Fsp3) is 0.609. The van der Waals surface area contributed by atoms with Crippen LogP contribution in [0, 0.1) is 0 Å². The van der Waals surface area contributed by atoms with E-state index in [1.807, 2.05) is 49.1 Å². The molecule has 32 heavy (non-hydrogen) atoms. The normalized spacial score (nSPS) is 15.8. The van der Waals surface area contributed by atoms with E-state index < -0.39 is 6.29 Å². The number of benzene rings is 1. The van der Waals surface area contributed by atoms with Crippen molar-refractivity contribution >= 4 is 5.91 Å². The molecule has 176 valence electrons. The molecule has 0 radical (unpaired) electrons. The third-order valence-corrected chi connectivity index (χ3v) is 5.41. The van der Waals surface area contributed by atoms with Crippen molar-refractivity contribution in [3.8, 4) is 0 Å². The number of nitrogens with zero attached hydrogens (tertiary/aromatic N) is 5. The lowest BCUT2D eigenvalue weighted by atomic mass is 10.1. The van der Waals surface area contributed by atoms with Crippen molar-refractivity contribution in [3.05, 3.63) is 47.8 Å². The fourth-order valence-corrected chi connectivity index (χ4v) is 3.77. The Morgan fingerprint density at radius 3 is 2.47 bits per heavy atom. The summed E-state index contributed by atoms with van der Waals surface area (Å²) in [6, 6.07) is 10.0. The average molecular weight is 446 g/mol. The van der Waals surface area contributed by atoms with Gasteiger partial charge in [0, 0.05) is 45.4 Å². The molecule has 0 aliphatic carbocycles. The zero-order valence-electron chi connectivity index (χ0n) is 19.4. The van der Waals surface area contributed by atoms with E-state index >= 15 is 0 Å². The molecule has 0 saturated carbocycles. The van der Waals surface area contributed by atoms with E-state index in [-0.39, 0.29) is 11.9 Å². The number of morpholine rings is 1. The molecule has 1 fully saturated rings. The number of hydrogen-bond acceptors (Lipinski definition) is 7. The minimum atomic E-state index is -0.421. The topological polar surface area (TPSA) is 82.0 Å². The summed E-state index contributed by atoms with van der Waals surface area (Å²) in [6.45, 7) is 11.9. The van der Waals surface area contributed by atoms with Gasteiger partial charge in [0.05, 0.1) is 26.0 Å². The van der Waals surface area contributed by atoms with Crippen molar-refractivity contribution in [2.45, 2.75) is 46.2 Å². The molecule has 1 aliphatic rings. The van der Waals surface area contributed by atoms with E-state index in [2.05, 4.69) is 22.1 Å². The monoisotopic (exact) mass is 445 g/mol. The maximum absolute atomic E-state index is 13.5. The van der Waals surface area contributed by atoms with Gasteiger partial charge in [0.25, 0.3) is 5.91 Å². The minimum absolute atomic E-state index is 0.00514. The maximum atomic E-state index is 13.5. The van der Waals surface area contributed by atoms with E-state index in [0.717, 1.165) is 38.4 Å². The van der Waals surface area contributed by atoms with Crippen LogP contribution in [0.5, 0.6) is 0 Å². The predicted molar refractivity (Wildman–Crippen MR) is 120 cm³/mol. The zero-order chi connectivity index (χ0) is 22.8. The Labute approximate surface area is 190 Å². The van der Waals surface area contributed by atoms with Crippen molar-refractivity contribution in [2.24, 2.45) is 0 Å². The lowest BCUT2D eigenvalue weighted by molar-refractivity contribution is -0.145. The second-order valence-electron chi connectivity index (χ2n) is 7.85. The highest BCUT2D eigenvalue weighted by Gasteiger charge is 2.26. The van der Waals surface area contributed by atoms with E-state index in [1.165, 1.54) is 0 Å². The summed E-state index contributed by atoms with van der Waals surface area (Å²) in [5.41, 5.74) is 1.40. The van der Waals surface area contributed by atoms with Crippen LogP contribution in [0.3, 0.4) is 0 Å². The van der Waals surface area contributed by atoms with Gasteiger partial charge >= 0.3 is 0 Å². The third kappa shape index (κ3) is 7.09. The highest BCUT2D eigenvalue weighted by molar-refractivity contribution is 5.92. The smallest absolute Gasteiger partial charge is 0.276 e. The van der Waals surface area contributed by atoms with Crippen molar-refractivity contribution in [1.82, 2.24) is 24.8 Å². The van der Waals surface area contributed by atoms with Gasteiger partial charge in [-0.15, -0.1) is 5.10 Å². The number of aromatic nitrogens is 3. The number of hydrogen-bond donors (Lipinski definition) is 0. The predicted octanol–water partition coefficient (Wildman–Crippen LogP) is 2.04. The average Bonchev–Trinajstić information content (AvgIpc) is 3.27. The second kappa shape index (κ2) is 12.6. The lowest BCUT2D eigenvalue weighted by Crippen LogP contribution is -2.48. The van der Waals surface area contributed by atoms with Gasteiger partial charge in [0.1, 0.15) is 0 Å². The third-order valence-electron chi connectivity index (χ3n) is 5.41. The molecule has 2 aromatic rings. The van der Waals surface area contributed by atoms with Gasteiger partial charge in [-0.05, 0) is 26.3 Å². The van der Waals surface area contributed by atoms with Crippen LogP contribution in [0.15, 0.2) is 36.5 Å². The molecular formula is C23H35N5O4. The fourth-order valence-electron chi connectivity index (χ4n) is 3.77. The van der Waals surface area contributed by atoms with Crippen LogP contribution in [0.25, 0.3) is 0 Å². The summed E-state index contributed by atoms with van der Waals surface area (Å²) in [7, 11) is 0. The second-order valence-corrected chi connectivity index (χ2v) is 7.85. The molecule has 0 spiro atoms. The molecule has 1 unspecified atom stereocenters. The number of rotatable bonds is 12. The van der Waals surface area contributed by atoms with Gasteiger partial charge in [-0.1, -0.05) is 35.5 Å². The van der Waals surface area contributed by atoms with Crippen LogP contribution in [0.4, 0.5) is 0 Å². The van der Waals surface area contributed by atoms with Crippen LogP contribution in [-0.4, -0.2) is 89.1 Å². The number of carbonyl (C=O) groups is 1. The first-order valence-corrected chi connectivity index (χ1v) is 11.4. The first kappa shape index (κ1) is 24.3. The Kier molecular flexibility index (Phi) is 9.61. The van der Waals surface area contributed by atoms with Gasteiger partial charge < -0.3 is 19.1 Å². The molecule has 1 atom stereocenters. The highest BCUT2D eigenvalue weighted by Crippen LogP contribution is 2.14. The maximum Gasteiger partial charge on any atom is 0.276 e.